The average Bonchev–Trinajstić information content (AvgIpc) is 3.21. The zero-order valence-corrected chi connectivity index (χ0v) is 20.0. The zero-order chi connectivity index (χ0) is 23.1. The lowest BCUT2D eigenvalue weighted by Crippen LogP contribution is -2.66. The monoisotopic (exact) mass is 487 g/mol. The maximum absolute atomic E-state index is 13.6. The normalized spacial score (nSPS) is 26.0. The lowest BCUT2D eigenvalue weighted by molar-refractivity contribution is -0.140. The van der Waals surface area contributed by atoms with Crippen molar-refractivity contribution in [3.63, 3.8) is 0 Å². The lowest BCUT2D eigenvalue weighted by atomic mass is 10.1. The molecule has 3 aliphatic rings. The first kappa shape index (κ1) is 22.6. The predicted octanol–water partition coefficient (Wildman–Crippen LogP) is 3.22. The number of rotatable bonds is 5. The van der Waals surface area contributed by atoms with Gasteiger partial charge in [-0.2, -0.15) is 0 Å². The maximum atomic E-state index is 13.6. The van der Waals surface area contributed by atoms with Gasteiger partial charge in [0.25, 0.3) is 5.91 Å². The Kier molecular flexibility index (Phi) is 6.33. The molecular formula is C24H27Cl2N5O2. The Morgan fingerprint density at radius 2 is 1.85 bits per heavy atom. The van der Waals surface area contributed by atoms with E-state index in [9.17, 15) is 9.59 Å². The number of likely N-dealkylation sites (N-methyl/N-ethyl adjacent to an activating group) is 1. The highest BCUT2D eigenvalue weighted by Crippen LogP contribution is 2.32. The van der Waals surface area contributed by atoms with Gasteiger partial charge in [0.1, 0.15) is 18.5 Å². The second-order valence-corrected chi connectivity index (χ2v) is 9.69. The molecule has 3 amide bonds. The minimum absolute atomic E-state index is 0.0734. The summed E-state index contributed by atoms with van der Waals surface area (Å²) in [5, 5.41) is 4.52. The SMILES string of the molecule is CN1C(=O)N(Cc2ccc(Cl)cc2Cl)C(=O)C2C1NC1N(CCc3ccccc3)CCCN21. The molecule has 0 bridgehead atoms. The highest BCUT2D eigenvalue weighted by molar-refractivity contribution is 6.35. The molecule has 3 unspecified atom stereocenters. The molecule has 3 heterocycles. The van der Waals surface area contributed by atoms with Crippen LogP contribution in [0.1, 0.15) is 17.5 Å². The molecule has 174 valence electrons. The molecule has 33 heavy (non-hydrogen) atoms. The molecule has 3 aliphatic heterocycles. The van der Waals surface area contributed by atoms with Crippen LogP contribution in [0.4, 0.5) is 4.79 Å². The van der Waals surface area contributed by atoms with Gasteiger partial charge >= 0.3 is 6.03 Å². The number of halogens is 2. The Morgan fingerprint density at radius 3 is 2.61 bits per heavy atom. The summed E-state index contributed by atoms with van der Waals surface area (Å²) in [6, 6.07) is 14.8. The van der Waals surface area contributed by atoms with Crippen LogP contribution >= 0.6 is 23.2 Å². The van der Waals surface area contributed by atoms with E-state index in [0.717, 1.165) is 32.5 Å². The van der Waals surface area contributed by atoms with E-state index >= 15 is 0 Å². The van der Waals surface area contributed by atoms with Crippen molar-refractivity contribution in [2.24, 2.45) is 0 Å². The van der Waals surface area contributed by atoms with Crippen molar-refractivity contribution in [3.8, 4) is 0 Å². The third-order valence-corrected chi connectivity index (χ3v) is 7.43. The van der Waals surface area contributed by atoms with Crippen molar-refractivity contribution < 1.29 is 9.59 Å². The Bertz CT molecular complexity index is 1050. The summed E-state index contributed by atoms with van der Waals surface area (Å²) in [7, 11) is 1.75. The first-order valence-corrected chi connectivity index (χ1v) is 12.0. The Balaban J connectivity index is 1.35. The molecule has 5 rings (SSSR count). The number of fused-ring (bicyclic) bond motifs is 3. The molecule has 2 aromatic carbocycles. The van der Waals surface area contributed by atoms with Gasteiger partial charge in [0.2, 0.25) is 0 Å². The molecule has 1 N–H and O–H groups in total. The molecule has 0 spiro atoms. The minimum atomic E-state index is -0.427. The van der Waals surface area contributed by atoms with Gasteiger partial charge in [0, 0.05) is 36.7 Å². The quantitative estimate of drug-likeness (QED) is 0.701. The van der Waals surface area contributed by atoms with E-state index in [0.29, 0.717) is 15.6 Å². The molecular weight excluding hydrogens is 461 g/mol. The fourth-order valence-electron chi connectivity index (χ4n) is 5.11. The first-order valence-electron chi connectivity index (χ1n) is 11.3. The summed E-state index contributed by atoms with van der Waals surface area (Å²) in [5.74, 6) is -0.186. The summed E-state index contributed by atoms with van der Waals surface area (Å²) in [6.07, 6.45) is 1.48. The Morgan fingerprint density at radius 1 is 1.06 bits per heavy atom. The number of imide groups is 1. The fourth-order valence-corrected chi connectivity index (χ4v) is 5.58. The maximum Gasteiger partial charge on any atom is 0.328 e. The summed E-state index contributed by atoms with van der Waals surface area (Å²) in [6.45, 7) is 2.77. The highest BCUT2D eigenvalue weighted by atomic mass is 35.5. The van der Waals surface area contributed by atoms with Gasteiger partial charge in [-0.1, -0.05) is 59.6 Å². The van der Waals surface area contributed by atoms with Crippen LogP contribution in [0.25, 0.3) is 0 Å². The van der Waals surface area contributed by atoms with Crippen molar-refractivity contribution in [3.05, 3.63) is 69.7 Å². The van der Waals surface area contributed by atoms with Crippen LogP contribution in [-0.2, 0) is 17.8 Å². The lowest BCUT2D eigenvalue weighted by Gasteiger charge is -2.43. The molecule has 2 aromatic rings. The molecule has 0 aromatic heterocycles. The largest absolute Gasteiger partial charge is 0.328 e. The van der Waals surface area contributed by atoms with Gasteiger partial charge in [0.15, 0.2) is 0 Å². The van der Waals surface area contributed by atoms with Gasteiger partial charge < -0.3 is 4.90 Å². The highest BCUT2D eigenvalue weighted by Gasteiger charge is 2.55. The van der Waals surface area contributed by atoms with E-state index in [1.54, 1.807) is 30.1 Å². The van der Waals surface area contributed by atoms with E-state index in [4.69, 9.17) is 23.2 Å². The number of hydrogen-bond acceptors (Lipinski definition) is 5. The van der Waals surface area contributed by atoms with Gasteiger partial charge in [-0.3, -0.25) is 24.8 Å². The van der Waals surface area contributed by atoms with E-state index in [1.807, 2.05) is 6.07 Å². The van der Waals surface area contributed by atoms with Crippen molar-refractivity contribution in [1.29, 1.82) is 0 Å². The van der Waals surface area contributed by atoms with Gasteiger partial charge in [0.05, 0.1) is 6.54 Å². The van der Waals surface area contributed by atoms with E-state index < -0.39 is 6.04 Å². The number of nitrogens with one attached hydrogen (secondary N) is 1. The summed E-state index contributed by atoms with van der Waals surface area (Å²) in [5.41, 5.74) is 1.99. The van der Waals surface area contributed by atoms with Gasteiger partial charge in [-0.25, -0.2) is 4.79 Å². The molecule has 0 aliphatic carbocycles. The van der Waals surface area contributed by atoms with Crippen molar-refractivity contribution in [1.82, 2.24) is 24.9 Å². The Hall–Kier alpha value is -2.16. The number of carbonyl (C=O) groups is 2. The van der Waals surface area contributed by atoms with Crippen LogP contribution in [-0.4, -0.2) is 76.7 Å². The van der Waals surface area contributed by atoms with Crippen LogP contribution in [0.2, 0.25) is 10.0 Å². The third-order valence-electron chi connectivity index (χ3n) is 6.84. The zero-order valence-electron chi connectivity index (χ0n) is 18.5. The Labute approximate surface area is 203 Å². The number of nitrogens with zero attached hydrogens (tertiary/aromatic N) is 4. The van der Waals surface area contributed by atoms with E-state index in [2.05, 4.69) is 39.4 Å². The number of carbonyl (C=O) groups excluding carboxylic acids is 2. The molecule has 9 heteroatoms. The number of amides is 3. The smallest absolute Gasteiger partial charge is 0.310 e. The van der Waals surface area contributed by atoms with Crippen LogP contribution < -0.4 is 5.32 Å². The molecule has 3 atom stereocenters. The van der Waals surface area contributed by atoms with Crippen LogP contribution in [0.3, 0.4) is 0 Å². The third kappa shape index (κ3) is 4.24. The van der Waals surface area contributed by atoms with Crippen molar-refractivity contribution in [2.45, 2.75) is 37.9 Å². The summed E-state index contributed by atoms with van der Waals surface area (Å²) >= 11 is 12.3. The second kappa shape index (κ2) is 9.24. The number of hydrogen-bond donors (Lipinski definition) is 1. The van der Waals surface area contributed by atoms with Crippen LogP contribution in [0.15, 0.2) is 48.5 Å². The summed E-state index contributed by atoms with van der Waals surface area (Å²) in [4.78, 5) is 34.3. The van der Waals surface area contributed by atoms with Crippen molar-refractivity contribution in [2.75, 3.05) is 26.7 Å². The van der Waals surface area contributed by atoms with E-state index in [-0.39, 0.29) is 30.9 Å². The molecule has 0 radical (unpaired) electrons. The van der Waals surface area contributed by atoms with Gasteiger partial charge in [-0.05, 0) is 36.1 Å². The molecule has 0 saturated carbocycles. The molecule has 3 saturated heterocycles. The number of urea groups is 1. The number of benzene rings is 2. The van der Waals surface area contributed by atoms with Crippen LogP contribution in [0.5, 0.6) is 0 Å². The van der Waals surface area contributed by atoms with Crippen LogP contribution in [0, 0.1) is 0 Å². The average molecular weight is 488 g/mol. The van der Waals surface area contributed by atoms with Crippen molar-refractivity contribution >= 4 is 35.1 Å². The second-order valence-electron chi connectivity index (χ2n) is 8.85. The first-order chi connectivity index (χ1) is 15.9. The topological polar surface area (TPSA) is 59.1 Å². The van der Waals surface area contributed by atoms with Gasteiger partial charge in [-0.15, -0.1) is 0 Å². The summed E-state index contributed by atoms with van der Waals surface area (Å²) < 4.78 is 0. The molecule has 3 fully saturated rings. The molecule has 7 nitrogen and oxygen atoms in total. The fraction of sp³-hybridized carbons (Fsp3) is 0.417. The standard InChI is InChI=1S/C24H27Cl2N5O2/c1-28-21-20(22(32)31(24(28)33)15-17-8-9-18(25)14-19(17)26)30-12-5-11-29(23(30)27-21)13-10-16-6-3-2-4-7-16/h2-4,6-9,14,20-21,23,27H,5,10-13,15H2,1H3. The minimum Gasteiger partial charge on any atom is -0.310 e. The predicted molar refractivity (Wildman–Crippen MR) is 128 cm³/mol. The van der Waals surface area contributed by atoms with E-state index in [1.165, 1.54) is 10.5 Å².